The maximum Gasteiger partial charge on any atom is 0.180 e. The van der Waals surface area contributed by atoms with Crippen LogP contribution in [0.1, 0.15) is 16.1 Å². The van der Waals surface area contributed by atoms with Crippen LogP contribution in [-0.4, -0.2) is 4.98 Å². The van der Waals surface area contributed by atoms with E-state index in [2.05, 4.69) is 4.98 Å². The molecule has 0 radical (unpaired) electrons. The Hall–Kier alpha value is -1.06. The summed E-state index contributed by atoms with van der Waals surface area (Å²) in [4.78, 5) is 5.46. The van der Waals surface area contributed by atoms with Crippen molar-refractivity contribution < 1.29 is 0 Å². The van der Waals surface area contributed by atoms with Gasteiger partial charge in [0.2, 0.25) is 0 Å². The molecule has 0 aliphatic rings. The average Bonchev–Trinajstić information content (AvgIpc) is 2.45. The fraction of sp³-hybridized carbons (Fsp3) is 0.182. The molecule has 0 spiro atoms. The highest BCUT2D eigenvalue weighted by atomic mass is 35.5. The van der Waals surface area contributed by atoms with Crippen molar-refractivity contribution in [1.29, 1.82) is 0 Å². The Morgan fingerprint density at radius 2 is 2.27 bits per heavy atom. The molecule has 2 N–H and O–H groups in total. The van der Waals surface area contributed by atoms with Crippen molar-refractivity contribution in [3.8, 4) is 0 Å². The molecule has 4 heteroatoms. The fourth-order valence-corrected chi connectivity index (χ4v) is 2.37. The molecule has 15 heavy (non-hydrogen) atoms. The highest BCUT2D eigenvalue weighted by Crippen LogP contribution is 2.22. The molecule has 0 fully saturated rings. The molecule has 0 saturated heterocycles. The highest BCUT2D eigenvalue weighted by molar-refractivity contribution is 7.15. The maximum atomic E-state index is 5.91. The lowest BCUT2D eigenvalue weighted by molar-refractivity contribution is 1.09. The van der Waals surface area contributed by atoms with Crippen LogP contribution in [0.15, 0.2) is 24.3 Å². The number of thiazole rings is 1. The normalized spacial score (nSPS) is 10.5. The molecule has 2 rings (SSSR count). The summed E-state index contributed by atoms with van der Waals surface area (Å²) >= 11 is 7.44. The van der Waals surface area contributed by atoms with Gasteiger partial charge in [-0.15, -0.1) is 11.3 Å². The van der Waals surface area contributed by atoms with Gasteiger partial charge in [0.05, 0.1) is 5.69 Å². The number of aromatic nitrogens is 1. The standard InChI is InChI=1S/C11H11ClN2S/c1-7-10(14-11(13)15-7)6-8-3-2-4-9(12)5-8/h2-5H,6H2,1H3,(H2,13,14). The Morgan fingerprint density at radius 1 is 1.47 bits per heavy atom. The van der Waals surface area contributed by atoms with E-state index in [1.807, 2.05) is 31.2 Å². The molecule has 1 aromatic carbocycles. The Labute approximate surface area is 97.7 Å². The highest BCUT2D eigenvalue weighted by Gasteiger charge is 2.06. The van der Waals surface area contributed by atoms with E-state index < -0.39 is 0 Å². The number of nitrogens with zero attached hydrogens (tertiary/aromatic N) is 1. The molecule has 0 bridgehead atoms. The molecule has 1 heterocycles. The van der Waals surface area contributed by atoms with E-state index >= 15 is 0 Å². The fourth-order valence-electron chi connectivity index (χ4n) is 1.45. The van der Waals surface area contributed by atoms with Crippen LogP contribution in [0.2, 0.25) is 5.02 Å². The zero-order valence-electron chi connectivity index (χ0n) is 8.33. The Bertz CT molecular complexity index is 479. The first-order chi connectivity index (χ1) is 7.15. The number of rotatable bonds is 2. The van der Waals surface area contributed by atoms with Crippen LogP contribution in [-0.2, 0) is 6.42 Å². The second-order valence-corrected chi connectivity index (χ2v) is 5.03. The third-order valence-electron chi connectivity index (χ3n) is 2.17. The number of halogens is 1. The summed E-state index contributed by atoms with van der Waals surface area (Å²) in [6.45, 7) is 2.04. The van der Waals surface area contributed by atoms with Crippen molar-refractivity contribution >= 4 is 28.1 Å². The molecule has 0 aliphatic carbocycles. The molecule has 0 aliphatic heterocycles. The molecule has 78 valence electrons. The minimum atomic E-state index is 0.629. The lowest BCUT2D eigenvalue weighted by Gasteiger charge is -1.99. The zero-order chi connectivity index (χ0) is 10.8. The molecule has 0 atom stereocenters. The van der Waals surface area contributed by atoms with Crippen LogP contribution >= 0.6 is 22.9 Å². The summed E-state index contributed by atoms with van der Waals surface area (Å²) in [7, 11) is 0. The molecule has 0 amide bonds. The zero-order valence-corrected chi connectivity index (χ0v) is 9.90. The van der Waals surface area contributed by atoms with Crippen molar-refractivity contribution in [3.63, 3.8) is 0 Å². The van der Waals surface area contributed by atoms with E-state index in [1.165, 1.54) is 16.2 Å². The summed E-state index contributed by atoms with van der Waals surface area (Å²) in [6, 6.07) is 7.81. The monoisotopic (exact) mass is 238 g/mol. The number of nitrogen functional groups attached to an aromatic ring is 1. The lowest BCUT2D eigenvalue weighted by Crippen LogP contribution is -1.91. The number of benzene rings is 1. The molecule has 1 aromatic heterocycles. The largest absolute Gasteiger partial charge is 0.375 e. The number of hydrogen-bond acceptors (Lipinski definition) is 3. The van der Waals surface area contributed by atoms with Crippen molar-refractivity contribution in [2.45, 2.75) is 13.3 Å². The topological polar surface area (TPSA) is 38.9 Å². The van der Waals surface area contributed by atoms with Crippen LogP contribution < -0.4 is 5.73 Å². The molecular weight excluding hydrogens is 228 g/mol. The van der Waals surface area contributed by atoms with E-state index in [-0.39, 0.29) is 0 Å². The van der Waals surface area contributed by atoms with Gasteiger partial charge in [-0.05, 0) is 24.6 Å². The van der Waals surface area contributed by atoms with Gasteiger partial charge in [-0.1, -0.05) is 23.7 Å². The maximum absolute atomic E-state index is 5.91. The predicted octanol–water partition coefficient (Wildman–Crippen LogP) is 3.28. The second kappa shape index (κ2) is 4.21. The smallest absolute Gasteiger partial charge is 0.180 e. The van der Waals surface area contributed by atoms with Crippen molar-refractivity contribution in [3.05, 3.63) is 45.4 Å². The first-order valence-electron chi connectivity index (χ1n) is 4.61. The van der Waals surface area contributed by atoms with E-state index in [0.717, 1.165) is 22.7 Å². The first-order valence-corrected chi connectivity index (χ1v) is 5.81. The lowest BCUT2D eigenvalue weighted by atomic mass is 10.1. The number of aryl methyl sites for hydroxylation is 1. The molecular formula is C11H11ClN2S. The third kappa shape index (κ3) is 2.49. The van der Waals surface area contributed by atoms with Gasteiger partial charge in [-0.3, -0.25) is 0 Å². The summed E-state index contributed by atoms with van der Waals surface area (Å²) in [6.07, 6.45) is 0.792. The predicted molar refractivity (Wildman–Crippen MR) is 65.5 cm³/mol. The quantitative estimate of drug-likeness (QED) is 0.872. The Kier molecular flexibility index (Phi) is 2.93. The van der Waals surface area contributed by atoms with Crippen LogP contribution in [0.3, 0.4) is 0 Å². The van der Waals surface area contributed by atoms with Crippen LogP contribution in [0, 0.1) is 6.92 Å². The van der Waals surface area contributed by atoms with Gasteiger partial charge in [0.25, 0.3) is 0 Å². The number of hydrogen-bond donors (Lipinski definition) is 1. The van der Waals surface area contributed by atoms with E-state index in [9.17, 15) is 0 Å². The summed E-state index contributed by atoms with van der Waals surface area (Å²) in [5, 5.41) is 1.39. The van der Waals surface area contributed by atoms with Crippen LogP contribution in [0.5, 0.6) is 0 Å². The second-order valence-electron chi connectivity index (χ2n) is 3.36. The average molecular weight is 239 g/mol. The number of nitrogens with two attached hydrogens (primary N) is 1. The van der Waals surface area contributed by atoms with Gasteiger partial charge in [-0.25, -0.2) is 4.98 Å². The van der Waals surface area contributed by atoms with E-state index in [4.69, 9.17) is 17.3 Å². The van der Waals surface area contributed by atoms with E-state index in [1.54, 1.807) is 0 Å². The van der Waals surface area contributed by atoms with Gasteiger partial charge < -0.3 is 5.73 Å². The van der Waals surface area contributed by atoms with Gasteiger partial charge in [0.15, 0.2) is 5.13 Å². The van der Waals surface area contributed by atoms with Crippen molar-refractivity contribution in [1.82, 2.24) is 4.98 Å². The van der Waals surface area contributed by atoms with Crippen LogP contribution in [0.25, 0.3) is 0 Å². The number of anilines is 1. The van der Waals surface area contributed by atoms with Crippen molar-refractivity contribution in [2.75, 3.05) is 5.73 Å². The molecule has 2 nitrogen and oxygen atoms in total. The van der Waals surface area contributed by atoms with Crippen molar-refractivity contribution in [2.24, 2.45) is 0 Å². The van der Waals surface area contributed by atoms with Crippen LogP contribution in [0.4, 0.5) is 5.13 Å². The third-order valence-corrected chi connectivity index (χ3v) is 3.25. The minimum Gasteiger partial charge on any atom is -0.375 e. The van der Waals surface area contributed by atoms with Gasteiger partial charge >= 0.3 is 0 Å². The summed E-state index contributed by atoms with van der Waals surface area (Å²) in [5.74, 6) is 0. The molecule has 2 aromatic rings. The van der Waals surface area contributed by atoms with Gasteiger partial charge in [0.1, 0.15) is 0 Å². The SMILES string of the molecule is Cc1sc(N)nc1Cc1cccc(Cl)c1. The van der Waals surface area contributed by atoms with E-state index in [0.29, 0.717) is 5.13 Å². The summed E-state index contributed by atoms with van der Waals surface area (Å²) in [5.41, 5.74) is 7.85. The first kappa shape index (κ1) is 10.5. The summed E-state index contributed by atoms with van der Waals surface area (Å²) < 4.78 is 0. The Balaban J connectivity index is 2.25. The Morgan fingerprint density at radius 3 is 2.87 bits per heavy atom. The molecule has 0 saturated carbocycles. The van der Waals surface area contributed by atoms with Gasteiger partial charge in [0, 0.05) is 16.3 Å². The van der Waals surface area contributed by atoms with Gasteiger partial charge in [-0.2, -0.15) is 0 Å². The molecule has 0 unspecified atom stereocenters. The minimum absolute atomic E-state index is 0.629.